The average molecular weight is 429 g/mol. The van der Waals surface area contributed by atoms with E-state index in [0.717, 1.165) is 27.7 Å². The summed E-state index contributed by atoms with van der Waals surface area (Å²) in [6.07, 6.45) is 3.79. The summed E-state index contributed by atoms with van der Waals surface area (Å²) in [4.78, 5) is 9.44. The third-order valence-electron chi connectivity index (χ3n) is 6.23. The van der Waals surface area contributed by atoms with Gasteiger partial charge in [0.05, 0.1) is 11.2 Å². The number of aromatic nitrogens is 2. The van der Waals surface area contributed by atoms with E-state index in [-0.39, 0.29) is 5.41 Å². The summed E-state index contributed by atoms with van der Waals surface area (Å²) >= 11 is 0. The van der Waals surface area contributed by atoms with Gasteiger partial charge in [-0.25, -0.2) is 0 Å². The molecule has 162 valence electrons. The highest BCUT2D eigenvalue weighted by atomic mass is 14.7. The third kappa shape index (κ3) is 4.17. The van der Waals surface area contributed by atoms with Crippen molar-refractivity contribution in [1.29, 1.82) is 0 Å². The molecule has 0 saturated carbocycles. The molecule has 2 heteroatoms. The van der Waals surface area contributed by atoms with Gasteiger partial charge in [0.25, 0.3) is 0 Å². The van der Waals surface area contributed by atoms with Crippen LogP contribution in [0.3, 0.4) is 0 Å². The molecule has 0 radical (unpaired) electrons. The molecule has 0 atom stereocenters. The summed E-state index contributed by atoms with van der Waals surface area (Å²) < 4.78 is 0. The Balaban J connectivity index is 1.63. The number of benzene rings is 3. The van der Waals surface area contributed by atoms with Gasteiger partial charge in [-0.2, -0.15) is 0 Å². The molecule has 3 aromatic carbocycles. The Morgan fingerprint density at radius 2 is 1.36 bits per heavy atom. The van der Waals surface area contributed by atoms with Crippen molar-refractivity contribution in [3.8, 4) is 33.5 Å². The molecular weight excluding hydrogens is 400 g/mol. The molecule has 0 amide bonds. The first-order chi connectivity index (χ1) is 15.9. The molecule has 2 aromatic heterocycles. The number of pyridine rings is 2. The average Bonchev–Trinajstić information content (AvgIpc) is 2.84. The molecule has 5 rings (SSSR count). The van der Waals surface area contributed by atoms with Crippen LogP contribution in [0.15, 0.2) is 97.3 Å². The van der Waals surface area contributed by atoms with Crippen LogP contribution in [0.25, 0.3) is 44.4 Å². The summed E-state index contributed by atoms with van der Waals surface area (Å²) in [5.41, 5.74) is 10.5. The van der Waals surface area contributed by atoms with Gasteiger partial charge in [0.1, 0.15) is 0 Å². The fourth-order valence-corrected chi connectivity index (χ4v) is 4.29. The first kappa shape index (κ1) is 21.1. The Labute approximate surface area is 196 Å². The van der Waals surface area contributed by atoms with Crippen LogP contribution in [0.5, 0.6) is 0 Å². The molecule has 2 nitrogen and oxygen atoms in total. The lowest BCUT2D eigenvalue weighted by atomic mass is 9.86. The number of rotatable bonds is 3. The maximum absolute atomic E-state index is 4.77. The summed E-state index contributed by atoms with van der Waals surface area (Å²) in [5, 5.41) is 1.16. The minimum Gasteiger partial charge on any atom is -0.256 e. The number of nitrogens with zero attached hydrogens (tertiary/aromatic N) is 2. The summed E-state index contributed by atoms with van der Waals surface area (Å²) in [6, 6.07) is 30.2. The molecular formula is C31H28N2. The second kappa shape index (κ2) is 8.29. The van der Waals surface area contributed by atoms with E-state index < -0.39 is 0 Å². The van der Waals surface area contributed by atoms with Crippen LogP contribution in [0.2, 0.25) is 0 Å². The first-order valence-corrected chi connectivity index (χ1v) is 11.4. The van der Waals surface area contributed by atoms with Crippen molar-refractivity contribution in [2.75, 3.05) is 0 Å². The Kier molecular flexibility index (Phi) is 5.30. The molecule has 5 aromatic rings. The highest BCUT2D eigenvalue weighted by Gasteiger charge is 2.15. The van der Waals surface area contributed by atoms with Gasteiger partial charge in [-0.15, -0.1) is 0 Å². The van der Waals surface area contributed by atoms with Gasteiger partial charge in [-0.3, -0.25) is 9.97 Å². The van der Waals surface area contributed by atoms with Crippen LogP contribution in [0.4, 0.5) is 0 Å². The predicted octanol–water partition coefficient (Wildman–Crippen LogP) is 8.24. The Morgan fingerprint density at radius 1 is 0.606 bits per heavy atom. The zero-order valence-corrected chi connectivity index (χ0v) is 19.6. The van der Waals surface area contributed by atoms with Crippen LogP contribution in [0.1, 0.15) is 31.9 Å². The van der Waals surface area contributed by atoms with Crippen molar-refractivity contribution >= 4 is 10.9 Å². The predicted molar refractivity (Wildman–Crippen MR) is 139 cm³/mol. The van der Waals surface area contributed by atoms with E-state index in [9.17, 15) is 0 Å². The smallest absolute Gasteiger partial charge is 0.0786 e. The van der Waals surface area contributed by atoms with Gasteiger partial charge in [-0.1, -0.05) is 87.0 Å². The van der Waals surface area contributed by atoms with E-state index in [1.54, 1.807) is 0 Å². The van der Waals surface area contributed by atoms with Crippen LogP contribution in [-0.2, 0) is 5.41 Å². The molecule has 0 unspecified atom stereocenters. The van der Waals surface area contributed by atoms with E-state index in [4.69, 9.17) is 4.98 Å². The van der Waals surface area contributed by atoms with Gasteiger partial charge in [0.15, 0.2) is 0 Å². The molecule has 0 saturated heterocycles. The second-order valence-electron chi connectivity index (χ2n) is 9.69. The molecule has 0 N–H and O–H groups in total. The van der Waals surface area contributed by atoms with Crippen molar-refractivity contribution in [3.63, 3.8) is 0 Å². The van der Waals surface area contributed by atoms with Crippen LogP contribution >= 0.6 is 0 Å². The monoisotopic (exact) mass is 428 g/mol. The first-order valence-electron chi connectivity index (χ1n) is 11.4. The molecule has 33 heavy (non-hydrogen) atoms. The van der Waals surface area contributed by atoms with E-state index in [0.29, 0.717) is 0 Å². The van der Waals surface area contributed by atoms with Gasteiger partial charge < -0.3 is 0 Å². The molecule has 0 aliphatic rings. The van der Waals surface area contributed by atoms with E-state index >= 15 is 0 Å². The lowest BCUT2D eigenvalue weighted by molar-refractivity contribution is 0.589. The van der Waals surface area contributed by atoms with Crippen LogP contribution < -0.4 is 0 Å². The lowest BCUT2D eigenvalue weighted by Crippen LogP contribution is -2.11. The molecule has 2 heterocycles. The summed E-state index contributed by atoms with van der Waals surface area (Å²) in [6.45, 7) is 8.81. The largest absolute Gasteiger partial charge is 0.256 e. The van der Waals surface area contributed by atoms with Crippen molar-refractivity contribution in [2.24, 2.45) is 0 Å². The van der Waals surface area contributed by atoms with E-state index in [1.807, 2.05) is 18.5 Å². The second-order valence-corrected chi connectivity index (χ2v) is 9.69. The van der Waals surface area contributed by atoms with E-state index in [2.05, 4.69) is 112 Å². The Bertz CT molecular complexity index is 1440. The highest BCUT2D eigenvalue weighted by Crippen LogP contribution is 2.36. The van der Waals surface area contributed by atoms with Crippen molar-refractivity contribution in [1.82, 2.24) is 9.97 Å². The Morgan fingerprint density at radius 3 is 2.15 bits per heavy atom. The number of hydrogen-bond acceptors (Lipinski definition) is 2. The van der Waals surface area contributed by atoms with Gasteiger partial charge in [0, 0.05) is 28.9 Å². The normalized spacial score (nSPS) is 11.6. The van der Waals surface area contributed by atoms with Crippen LogP contribution in [-0.4, -0.2) is 9.97 Å². The fraction of sp³-hybridized carbons (Fsp3) is 0.161. The number of hydrogen-bond donors (Lipinski definition) is 0. The minimum absolute atomic E-state index is 0.0863. The molecule has 0 bridgehead atoms. The van der Waals surface area contributed by atoms with Crippen molar-refractivity contribution in [2.45, 2.75) is 33.1 Å². The third-order valence-corrected chi connectivity index (χ3v) is 6.23. The topological polar surface area (TPSA) is 25.8 Å². The maximum atomic E-state index is 4.77. The van der Waals surface area contributed by atoms with Crippen molar-refractivity contribution in [3.05, 3.63) is 108 Å². The summed E-state index contributed by atoms with van der Waals surface area (Å²) in [7, 11) is 0. The van der Waals surface area contributed by atoms with Gasteiger partial charge >= 0.3 is 0 Å². The molecule has 0 aliphatic heterocycles. The molecule has 0 spiro atoms. The minimum atomic E-state index is 0.0863. The SMILES string of the molecule is Cc1ccc(-c2ccc(-c3cccc(-c4cc(C(C)(C)C)ccn4)c3)c3cccnc23)cc1. The maximum Gasteiger partial charge on any atom is 0.0786 e. The molecule has 0 aliphatic carbocycles. The zero-order valence-electron chi connectivity index (χ0n) is 19.6. The Hall–Kier alpha value is -3.78. The highest BCUT2D eigenvalue weighted by molar-refractivity contribution is 6.02. The lowest BCUT2D eigenvalue weighted by Gasteiger charge is -2.19. The van der Waals surface area contributed by atoms with Gasteiger partial charge in [-0.05, 0) is 58.9 Å². The molecule has 0 fully saturated rings. The fourth-order valence-electron chi connectivity index (χ4n) is 4.29. The number of fused-ring (bicyclic) bond motifs is 1. The zero-order chi connectivity index (χ0) is 23.0. The van der Waals surface area contributed by atoms with Crippen LogP contribution in [0, 0.1) is 6.92 Å². The van der Waals surface area contributed by atoms with E-state index in [1.165, 1.54) is 27.8 Å². The number of aryl methyl sites for hydroxylation is 1. The van der Waals surface area contributed by atoms with Gasteiger partial charge in [0.2, 0.25) is 0 Å². The standard InChI is InChI=1S/C31H28N2/c1-21-10-12-22(13-11-21)27-15-14-26(28-9-6-17-33-30(27)28)23-7-5-8-24(19-23)29-20-25(16-18-32-29)31(2,3)4/h5-20H,1-4H3. The quantitative estimate of drug-likeness (QED) is 0.289. The van der Waals surface area contributed by atoms with Crippen molar-refractivity contribution < 1.29 is 0 Å². The summed E-state index contributed by atoms with van der Waals surface area (Å²) in [5.74, 6) is 0.